The molecule has 8 aliphatic heterocycles. The second kappa shape index (κ2) is 44.2. The maximum Gasteiger partial charge on any atom is 0.217 e. The minimum Gasteiger partial charge on any atom is -0.394 e. The van der Waals surface area contributed by atoms with Gasteiger partial charge in [0.25, 0.3) is 0 Å². The second-order valence-corrected chi connectivity index (χ2v) is 29.4. The first-order chi connectivity index (χ1) is 55.8. The zero-order valence-electron chi connectivity index (χ0n) is 64.2. The van der Waals surface area contributed by atoms with E-state index >= 15 is 0 Å². The summed E-state index contributed by atoms with van der Waals surface area (Å²) in [5.41, 5.74) is 0. The van der Waals surface area contributed by atoms with Crippen LogP contribution in [-0.2, 0) is 105 Å². The fourth-order valence-corrected chi connectivity index (χ4v) is 14.9. The summed E-state index contributed by atoms with van der Waals surface area (Å²) in [5.74, 6) is -5.24. The molecule has 0 radical (unpaired) electrons. The molecule has 682 valence electrons. The number of carbonyl (C=O) groups excluding carboxylic acids is 6. The smallest absolute Gasteiger partial charge is 0.217 e. The molecule has 0 aliphatic carbocycles. The molecular weight excluding hydrogens is 1610 g/mol. The van der Waals surface area contributed by atoms with E-state index in [-0.39, 0.29) is 0 Å². The lowest BCUT2D eigenvalue weighted by molar-refractivity contribution is -0.383. The summed E-state index contributed by atoms with van der Waals surface area (Å²) in [5, 5.41) is 280. The third-order valence-electron chi connectivity index (χ3n) is 20.8. The van der Waals surface area contributed by atoms with Crippen LogP contribution >= 0.6 is 0 Å². The molecule has 8 aliphatic rings. The fourth-order valence-electron chi connectivity index (χ4n) is 14.9. The first-order valence-corrected chi connectivity index (χ1v) is 37.5. The number of nitrogens with one attached hydrogen (secondary N) is 6. The van der Waals surface area contributed by atoms with Gasteiger partial charge in [-0.25, -0.2) is 0 Å². The van der Waals surface area contributed by atoms with E-state index in [9.17, 15) is 151 Å². The molecule has 0 unspecified atom stereocenters. The van der Waals surface area contributed by atoms with Crippen LogP contribution in [-0.4, -0.2) is 494 Å². The normalized spacial score (nSPS) is 44.1. The van der Waals surface area contributed by atoms with Crippen LogP contribution in [0.2, 0.25) is 0 Å². The van der Waals surface area contributed by atoms with Crippen molar-refractivity contribution in [3.63, 3.8) is 0 Å². The Morgan fingerprint density at radius 1 is 0.288 bits per heavy atom. The van der Waals surface area contributed by atoms with Crippen molar-refractivity contribution in [3.8, 4) is 0 Å². The molecule has 44 atom stereocenters. The van der Waals surface area contributed by atoms with Gasteiger partial charge in [0.1, 0.15) is 213 Å². The van der Waals surface area contributed by atoms with E-state index in [2.05, 4.69) is 31.9 Å². The summed E-state index contributed by atoms with van der Waals surface area (Å²) in [6.45, 7) is -4.87. The number of hydrogen-bond donors (Lipinski definition) is 30. The average molecular weight is 1730 g/mol. The van der Waals surface area contributed by atoms with Gasteiger partial charge in [0.15, 0.2) is 50.3 Å². The molecule has 6 amide bonds. The Morgan fingerprint density at radius 3 is 0.890 bits per heavy atom. The first-order valence-electron chi connectivity index (χ1n) is 37.5. The van der Waals surface area contributed by atoms with E-state index in [4.69, 9.17) is 75.8 Å². The van der Waals surface area contributed by atoms with Gasteiger partial charge in [-0.3, -0.25) is 28.8 Å². The maximum atomic E-state index is 13.0. The van der Waals surface area contributed by atoms with Crippen LogP contribution in [0.3, 0.4) is 0 Å². The van der Waals surface area contributed by atoms with Crippen LogP contribution in [0.15, 0.2) is 0 Å². The molecule has 8 fully saturated rings. The largest absolute Gasteiger partial charge is 0.394 e. The highest BCUT2D eigenvalue weighted by atomic mass is 16.8. The van der Waals surface area contributed by atoms with Crippen LogP contribution < -0.4 is 31.9 Å². The Morgan fingerprint density at radius 2 is 0.551 bits per heavy atom. The molecule has 0 spiro atoms. The molecule has 52 heteroatoms. The minimum atomic E-state index is -2.44. The van der Waals surface area contributed by atoms with Crippen molar-refractivity contribution in [1.29, 1.82) is 0 Å². The topological polar surface area (TPSA) is 808 Å². The monoisotopic (exact) mass is 1720 g/mol. The number of rotatable bonds is 35. The number of aliphatic hydroxyl groups is 24. The number of carbonyl (C=O) groups is 6. The molecule has 0 aromatic rings. The maximum absolute atomic E-state index is 13.0. The second-order valence-electron chi connectivity index (χ2n) is 29.4. The Balaban J connectivity index is 0.954. The SMILES string of the molecule is CC(=O)N[C@H]1[C@H](OC[C@@H](O)[C@H](O)[C@H](O[C@@H]2O[C@H](CO)[C@@H](O[C@@H]3O[C@H](CO)[C@H](O)[C@H](O[C@@H]4O[C@H](CO)[C@@H](O[C@@H]5O[C@H](CO)[C@H](O[C@H]6O[C@H](CO)[C@@H](O)[C@H](O)[C@H]6NC(C)=O)[C@H](O)[C@H]5O)[C@H](O)[C@H]4NC(C)=O)[C@H]3O)[C@H](O)[C@H]2NC(C)=O)[C@H](CO)NC(C)=O)O[C@H](CO)[C@@H](O[C@@H]2O[C@H](CO)[C@H](O[C@H]3O[C@H](CO)[C@@H](O)[C@H](O)[C@H]3NC(C)=O)[C@H](O)[C@H]2O)[C@@H]1O. The number of hydrogen-bond acceptors (Lipinski definition) is 46. The van der Waals surface area contributed by atoms with Gasteiger partial charge in [-0.05, 0) is 0 Å². The van der Waals surface area contributed by atoms with E-state index < -0.39 is 371 Å². The van der Waals surface area contributed by atoms with Crippen molar-refractivity contribution in [1.82, 2.24) is 31.9 Å². The van der Waals surface area contributed by atoms with Gasteiger partial charge in [-0.2, -0.15) is 0 Å². The van der Waals surface area contributed by atoms with E-state index in [1.54, 1.807) is 0 Å². The molecule has 8 saturated heterocycles. The predicted octanol–water partition coefficient (Wildman–Crippen LogP) is -20.1. The zero-order chi connectivity index (χ0) is 87.5. The predicted molar refractivity (Wildman–Crippen MR) is 369 cm³/mol. The highest BCUT2D eigenvalue weighted by Crippen LogP contribution is 2.39. The molecule has 0 saturated carbocycles. The van der Waals surface area contributed by atoms with Gasteiger partial charge in [0.05, 0.1) is 72.1 Å². The Bertz CT molecular complexity index is 3170. The van der Waals surface area contributed by atoms with Gasteiger partial charge in [0, 0.05) is 41.5 Å². The first kappa shape index (κ1) is 98.7. The van der Waals surface area contributed by atoms with Crippen molar-refractivity contribution >= 4 is 35.4 Å². The van der Waals surface area contributed by atoms with Gasteiger partial charge in [-0.15, -0.1) is 0 Å². The van der Waals surface area contributed by atoms with Gasteiger partial charge < -0.3 is 230 Å². The lowest BCUT2D eigenvalue weighted by Crippen LogP contribution is -2.70. The van der Waals surface area contributed by atoms with Crippen molar-refractivity contribution in [2.24, 2.45) is 0 Å². The van der Waals surface area contributed by atoms with Crippen LogP contribution in [0.25, 0.3) is 0 Å². The molecule has 52 nitrogen and oxygen atoms in total. The number of aliphatic hydroxyl groups excluding tert-OH is 24. The van der Waals surface area contributed by atoms with Crippen molar-refractivity contribution in [3.05, 3.63) is 0 Å². The van der Waals surface area contributed by atoms with Gasteiger partial charge in [-0.1, -0.05) is 0 Å². The van der Waals surface area contributed by atoms with E-state index in [0.717, 1.165) is 41.5 Å². The van der Waals surface area contributed by atoms with E-state index in [1.807, 2.05) is 0 Å². The fraction of sp³-hybridized carbons (Fsp3) is 0.909. The lowest BCUT2D eigenvalue weighted by atomic mass is 9.93. The quantitative estimate of drug-likeness (QED) is 0.0280. The third-order valence-corrected chi connectivity index (χ3v) is 20.8. The van der Waals surface area contributed by atoms with Crippen molar-refractivity contribution < 1.29 is 227 Å². The highest BCUT2D eigenvalue weighted by molar-refractivity contribution is 5.75. The molecule has 118 heavy (non-hydrogen) atoms. The summed E-state index contributed by atoms with van der Waals surface area (Å²) in [6.07, 6.45) is -75.9. The summed E-state index contributed by atoms with van der Waals surface area (Å²) in [7, 11) is 0. The Kier molecular flexibility index (Phi) is 37.0. The van der Waals surface area contributed by atoms with E-state index in [0.29, 0.717) is 0 Å². The van der Waals surface area contributed by atoms with Crippen LogP contribution in [0.1, 0.15) is 41.5 Å². The summed E-state index contributed by atoms with van der Waals surface area (Å²) < 4.78 is 93.6. The molecule has 0 bridgehead atoms. The molecule has 8 rings (SSSR count). The third kappa shape index (κ3) is 23.0. The van der Waals surface area contributed by atoms with Crippen molar-refractivity contribution in [2.75, 3.05) is 66.1 Å². The number of ether oxygens (including phenoxy) is 16. The molecule has 0 aromatic heterocycles. The standard InChI is InChI=1S/C66H112N6O46/c1-17(82)67-23(7-73)52(38(89)24(88)16-103-59-35(70-20(4)85)44(95)53(28(11-77)107-59)115-64-49(100)47(98)56(31(14-80)110-64)113-60-33(68-18(2)83)42(93)39(90)25(8-74)104-60)112-62-36(71-21(5)86)45(96)55(30(13-79)108-62)117-66-51(102)58(41(92)27(10-76)106-66)118-63-37(72-22(6)87)46(97)54(29(12-78)109-63)116-65-50(101)48(99)57(32(15-81)111-65)114-61-34(69-19(3)84)43(94)40(91)26(9-75)105-61/h23-66,73-81,88-102H,7-16H2,1-6H3,(H,67,82)(H,68,83)(H,69,84)(H,70,85)(H,71,86)(H,72,87)/t23-,24+,25+,26+,27+,28+,29+,30+,31+,32+,33+,34+,35+,36+,37+,38-,39+,40+,41-,42+,43+,44+,45+,46+,47+,48+,49+,50+,51+,52+,53+,54+,55+,56-,57-,58-,59+,60+,61+,62-,63-,64-,65-,66-/m0/s1. The van der Waals surface area contributed by atoms with Crippen LogP contribution in [0.5, 0.6) is 0 Å². The van der Waals surface area contributed by atoms with Crippen LogP contribution in [0, 0.1) is 0 Å². The summed E-state index contributed by atoms with van der Waals surface area (Å²) >= 11 is 0. The summed E-state index contributed by atoms with van der Waals surface area (Å²) in [6, 6.07) is -10.7. The van der Waals surface area contributed by atoms with Crippen molar-refractivity contribution in [2.45, 2.75) is 311 Å². The minimum absolute atomic E-state index is 0.758. The Labute approximate surface area is 670 Å². The van der Waals surface area contributed by atoms with E-state index in [1.165, 1.54) is 0 Å². The molecule has 0 aromatic carbocycles. The average Bonchev–Trinajstić information content (AvgIpc) is 0.769. The molecule has 8 heterocycles. The Hall–Kier alpha value is -4.78. The lowest BCUT2D eigenvalue weighted by Gasteiger charge is -2.50. The molecular formula is C66H112N6O46. The van der Waals surface area contributed by atoms with Gasteiger partial charge in [0.2, 0.25) is 35.4 Å². The highest BCUT2D eigenvalue weighted by Gasteiger charge is 2.60. The zero-order valence-corrected chi connectivity index (χ0v) is 64.2. The van der Waals surface area contributed by atoms with Gasteiger partial charge >= 0.3 is 0 Å². The molecule has 30 N–H and O–H groups in total. The number of amides is 6. The van der Waals surface area contributed by atoms with Crippen LogP contribution in [0.4, 0.5) is 0 Å². The summed E-state index contributed by atoms with van der Waals surface area (Å²) in [4.78, 5) is 75.5.